The normalized spacial score (nSPS) is 12.7. The minimum atomic E-state index is -1.12. The average Bonchev–Trinajstić information content (AvgIpc) is 2.38. The maximum Gasteiger partial charge on any atom is 0.258 e. The van der Waals surface area contributed by atoms with Crippen LogP contribution >= 0.6 is 0 Å². The van der Waals surface area contributed by atoms with Gasteiger partial charge in [0.2, 0.25) is 5.91 Å². The van der Waals surface area contributed by atoms with Crippen molar-refractivity contribution in [3.8, 4) is 5.75 Å². The molecule has 1 atom stereocenters. The number of halogens is 2. The number of carbonyl (C=O) groups excluding carboxylic acids is 2. The van der Waals surface area contributed by atoms with Gasteiger partial charge in [0.1, 0.15) is 17.4 Å². The monoisotopic (exact) mass is 300 g/mol. The van der Waals surface area contributed by atoms with Crippen LogP contribution in [0.25, 0.3) is 0 Å². The van der Waals surface area contributed by atoms with Crippen LogP contribution in [0.4, 0.5) is 8.78 Å². The highest BCUT2D eigenvalue weighted by molar-refractivity contribution is 6.00. The molecule has 0 aliphatic carbocycles. The van der Waals surface area contributed by atoms with Crippen molar-refractivity contribution < 1.29 is 23.5 Å². The molecule has 0 fully saturated rings. The van der Waals surface area contributed by atoms with Crippen LogP contribution in [0, 0.1) is 17.0 Å². The van der Waals surface area contributed by atoms with E-state index in [1.54, 1.807) is 20.8 Å². The van der Waals surface area contributed by atoms with E-state index in [9.17, 15) is 23.5 Å². The van der Waals surface area contributed by atoms with E-state index in [0.717, 1.165) is 6.07 Å². The molecular weight excluding hydrogens is 282 g/mol. The van der Waals surface area contributed by atoms with E-state index < -0.39 is 46.2 Å². The Hall–Kier alpha value is -2.18. The molecule has 21 heavy (non-hydrogen) atoms. The van der Waals surface area contributed by atoms with E-state index in [2.05, 4.69) is 10.6 Å². The van der Waals surface area contributed by atoms with Crippen LogP contribution in [0.15, 0.2) is 12.1 Å². The summed E-state index contributed by atoms with van der Waals surface area (Å²) in [5.74, 6) is -4.82. The van der Waals surface area contributed by atoms with Crippen molar-refractivity contribution in [3.05, 3.63) is 29.3 Å². The number of hydrogen-bond acceptors (Lipinski definition) is 3. The van der Waals surface area contributed by atoms with Gasteiger partial charge in [-0.15, -0.1) is 0 Å². The van der Waals surface area contributed by atoms with Gasteiger partial charge in [0, 0.05) is 7.05 Å². The van der Waals surface area contributed by atoms with Gasteiger partial charge in [0.25, 0.3) is 5.91 Å². The lowest BCUT2D eigenvalue weighted by Gasteiger charge is -2.30. The Bertz CT molecular complexity index is 568. The second-order valence-corrected chi connectivity index (χ2v) is 5.64. The number of likely N-dealkylation sites (N-methyl/N-ethyl adjacent to an activating group) is 1. The molecule has 1 rings (SSSR count). The molecule has 2 amide bonds. The summed E-state index contributed by atoms with van der Waals surface area (Å²) in [7, 11) is 1.40. The molecule has 3 N–H and O–H groups in total. The summed E-state index contributed by atoms with van der Waals surface area (Å²) in [5.41, 5.74) is -1.48. The minimum Gasteiger partial charge on any atom is -0.504 e. The molecule has 0 radical (unpaired) electrons. The van der Waals surface area contributed by atoms with Gasteiger partial charge >= 0.3 is 0 Å². The molecule has 0 aliphatic heterocycles. The Kier molecular flexibility index (Phi) is 4.88. The molecule has 1 aromatic rings. The van der Waals surface area contributed by atoms with Crippen molar-refractivity contribution >= 4 is 11.8 Å². The molecule has 116 valence electrons. The molecule has 0 bridgehead atoms. The van der Waals surface area contributed by atoms with Crippen LogP contribution in [0.3, 0.4) is 0 Å². The number of phenolic OH excluding ortho intramolecular Hbond substituents is 1. The standard InChI is InChI=1S/C14H18F2N2O3/c1-14(2,3)11(13(21)17-4)18-12(20)9-7(15)5-6-8(16)10(9)19/h5-6,11,19H,1-4H3,(H,17,21)(H,18,20)/t11-/m1/s1. The number of benzene rings is 1. The Balaban J connectivity index is 3.15. The van der Waals surface area contributed by atoms with E-state index in [1.807, 2.05) is 0 Å². The van der Waals surface area contributed by atoms with Crippen molar-refractivity contribution in [2.75, 3.05) is 7.05 Å². The Morgan fingerprint density at radius 1 is 1.19 bits per heavy atom. The highest BCUT2D eigenvalue weighted by Crippen LogP contribution is 2.25. The summed E-state index contributed by atoms with van der Waals surface area (Å²) < 4.78 is 26.9. The van der Waals surface area contributed by atoms with Crippen LogP contribution in [0.1, 0.15) is 31.1 Å². The van der Waals surface area contributed by atoms with Gasteiger partial charge in [-0.1, -0.05) is 20.8 Å². The maximum atomic E-state index is 13.6. The lowest BCUT2D eigenvalue weighted by Crippen LogP contribution is -2.53. The average molecular weight is 300 g/mol. The predicted octanol–water partition coefficient (Wildman–Crippen LogP) is 1.56. The fourth-order valence-corrected chi connectivity index (χ4v) is 1.78. The second kappa shape index (κ2) is 6.07. The predicted molar refractivity (Wildman–Crippen MR) is 72.8 cm³/mol. The molecule has 0 saturated carbocycles. The number of carbonyl (C=O) groups is 2. The summed E-state index contributed by atoms with van der Waals surface area (Å²) in [4.78, 5) is 23.9. The van der Waals surface area contributed by atoms with E-state index in [4.69, 9.17) is 0 Å². The van der Waals surface area contributed by atoms with Crippen molar-refractivity contribution in [1.82, 2.24) is 10.6 Å². The topological polar surface area (TPSA) is 78.4 Å². The number of rotatable bonds is 3. The third-order valence-corrected chi connectivity index (χ3v) is 2.95. The first-order valence-corrected chi connectivity index (χ1v) is 6.29. The molecule has 0 unspecified atom stereocenters. The Labute approximate surface area is 121 Å². The smallest absolute Gasteiger partial charge is 0.258 e. The first kappa shape index (κ1) is 16.9. The van der Waals surface area contributed by atoms with Gasteiger partial charge in [0.05, 0.1) is 0 Å². The van der Waals surface area contributed by atoms with E-state index in [-0.39, 0.29) is 0 Å². The molecule has 0 spiro atoms. The largest absolute Gasteiger partial charge is 0.504 e. The highest BCUT2D eigenvalue weighted by atomic mass is 19.1. The van der Waals surface area contributed by atoms with Gasteiger partial charge < -0.3 is 15.7 Å². The molecule has 0 saturated heterocycles. The summed E-state index contributed by atoms with van der Waals surface area (Å²) in [6, 6.07) is 0.467. The molecule has 0 heterocycles. The molecule has 5 nitrogen and oxygen atoms in total. The zero-order chi connectivity index (χ0) is 16.4. The lowest BCUT2D eigenvalue weighted by molar-refractivity contribution is -0.124. The summed E-state index contributed by atoms with van der Waals surface area (Å²) in [5, 5.41) is 14.2. The number of nitrogens with one attached hydrogen (secondary N) is 2. The third kappa shape index (κ3) is 3.68. The summed E-state index contributed by atoms with van der Waals surface area (Å²) >= 11 is 0. The summed E-state index contributed by atoms with van der Waals surface area (Å²) in [6.45, 7) is 5.11. The van der Waals surface area contributed by atoms with Crippen LogP contribution in [-0.2, 0) is 4.79 Å². The van der Waals surface area contributed by atoms with Crippen molar-refractivity contribution in [2.45, 2.75) is 26.8 Å². The zero-order valence-electron chi connectivity index (χ0n) is 12.3. The quantitative estimate of drug-likeness (QED) is 0.792. The van der Waals surface area contributed by atoms with Gasteiger partial charge in [-0.2, -0.15) is 0 Å². The van der Waals surface area contributed by atoms with Crippen LogP contribution < -0.4 is 10.6 Å². The third-order valence-electron chi connectivity index (χ3n) is 2.95. The number of hydrogen-bond donors (Lipinski definition) is 3. The van der Waals surface area contributed by atoms with E-state index in [0.29, 0.717) is 6.07 Å². The van der Waals surface area contributed by atoms with Gasteiger partial charge in [-0.3, -0.25) is 9.59 Å². The summed E-state index contributed by atoms with van der Waals surface area (Å²) in [6.07, 6.45) is 0. The number of aromatic hydroxyl groups is 1. The maximum absolute atomic E-state index is 13.6. The SMILES string of the molecule is CNC(=O)[C@@H](NC(=O)c1c(F)ccc(F)c1O)C(C)(C)C. The van der Waals surface area contributed by atoms with Crippen LogP contribution in [0.5, 0.6) is 5.75 Å². The van der Waals surface area contributed by atoms with Crippen molar-refractivity contribution in [2.24, 2.45) is 5.41 Å². The van der Waals surface area contributed by atoms with E-state index >= 15 is 0 Å². The minimum absolute atomic E-state index is 0.479. The van der Waals surface area contributed by atoms with Gasteiger partial charge in [-0.05, 0) is 17.5 Å². The molecule has 0 aromatic heterocycles. The molecule has 1 aromatic carbocycles. The highest BCUT2D eigenvalue weighted by Gasteiger charge is 2.33. The first-order valence-electron chi connectivity index (χ1n) is 6.29. The van der Waals surface area contributed by atoms with Crippen molar-refractivity contribution in [1.29, 1.82) is 0 Å². The molecular formula is C14H18F2N2O3. The van der Waals surface area contributed by atoms with Crippen LogP contribution in [-0.4, -0.2) is 30.0 Å². The fourth-order valence-electron chi connectivity index (χ4n) is 1.78. The zero-order valence-corrected chi connectivity index (χ0v) is 12.3. The molecule has 0 aliphatic rings. The lowest BCUT2D eigenvalue weighted by atomic mass is 9.86. The van der Waals surface area contributed by atoms with Gasteiger partial charge in [-0.25, -0.2) is 8.78 Å². The number of phenols is 1. The fraction of sp³-hybridized carbons (Fsp3) is 0.429. The molecule has 7 heteroatoms. The second-order valence-electron chi connectivity index (χ2n) is 5.64. The van der Waals surface area contributed by atoms with Crippen molar-refractivity contribution in [3.63, 3.8) is 0 Å². The van der Waals surface area contributed by atoms with Crippen LogP contribution in [0.2, 0.25) is 0 Å². The number of amides is 2. The Morgan fingerprint density at radius 3 is 2.19 bits per heavy atom. The Morgan fingerprint density at radius 2 is 1.71 bits per heavy atom. The first-order chi connectivity index (χ1) is 9.59. The van der Waals surface area contributed by atoms with E-state index in [1.165, 1.54) is 7.05 Å². The van der Waals surface area contributed by atoms with Gasteiger partial charge in [0.15, 0.2) is 11.6 Å².